The molecule has 0 aromatic carbocycles. The van der Waals surface area contributed by atoms with Crippen molar-refractivity contribution in [3.8, 4) is 12.3 Å². The molecule has 14 heteroatoms. The molecule has 8 atom stereocenters. The quantitative estimate of drug-likeness (QED) is 0.0353. The minimum atomic E-state index is -1.83. The Morgan fingerprint density at radius 2 is 1.00 bits per heavy atom. The highest BCUT2D eigenvalue weighted by molar-refractivity contribution is 4.85. The molecular weight excluding hydrogens is 522 g/mol. The molecule has 0 saturated heterocycles. The summed E-state index contributed by atoms with van der Waals surface area (Å²) in [6.07, 6.45) is -5.75. The van der Waals surface area contributed by atoms with Crippen molar-refractivity contribution in [2.45, 2.75) is 56.1 Å². The first-order valence-corrected chi connectivity index (χ1v) is 13.1. The second-order valence-electron chi connectivity index (χ2n) is 9.17. The van der Waals surface area contributed by atoms with Crippen molar-refractivity contribution < 1.29 is 64.9 Å². The van der Waals surface area contributed by atoms with Gasteiger partial charge in [0, 0.05) is 38.6 Å². The summed E-state index contributed by atoms with van der Waals surface area (Å²) in [6.45, 7) is 2.50. The summed E-state index contributed by atoms with van der Waals surface area (Å²) in [5, 5.41) is 88.7. The third-order valence-electron chi connectivity index (χ3n) is 5.89. The normalized spacial score (nSPS) is 18.2. The van der Waals surface area contributed by atoms with Gasteiger partial charge in [-0.05, 0) is 0 Å². The summed E-state index contributed by atoms with van der Waals surface area (Å²) < 4.78 is 21.5. The summed E-state index contributed by atoms with van der Waals surface area (Å²) in [4.78, 5) is 1.43. The molecule has 0 aromatic heterocycles. The Morgan fingerprint density at radius 1 is 0.590 bits per heavy atom. The summed E-state index contributed by atoms with van der Waals surface area (Å²) >= 11 is 0. The van der Waals surface area contributed by atoms with Crippen LogP contribution in [0.1, 0.15) is 13.3 Å². The van der Waals surface area contributed by atoms with Gasteiger partial charge in [-0.1, -0.05) is 6.92 Å². The van der Waals surface area contributed by atoms with Gasteiger partial charge in [0.05, 0.1) is 77.8 Å². The Kier molecular flexibility index (Phi) is 23.1. The fourth-order valence-electron chi connectivity index (χ4n) is 3.32. The highest BCUT2D eigenvalue weighted by Gasteiger charge is 2.33. The number of nitrogens with zero attached hydrogens (tertiary/aromatic N) is 1. The summed E-state index contributed by atoms with van der Waals surface area (Å²) in [6, 6.07) is 0. The van der Waals surface area contributed by atoms with E-state index in [0.29, 0.717) is 39.5 Å². The monoisotopic (exact) mass is 571 g/mol. The topological polar surface area (TPSA) is 222 Å². The Hall–Kier alpha value is -1.00. The van der Waals surface area contributed by atoms with E-state index in [1.807, 2.05) is 0 Å². The van der Waals surface area contributed by atoms with Crippen LogP contribution in [-0.4, -0.2) is 179 Å². The Balaban J connectivity index is 4.57. The van der Waals surface area contributed by atoms with E-state index in [-0.39, 0.29) is 39.5 Å². The molecule has 0 radical (unpaired) electrons. The smallest absolute Gasteiger partial charge is 0.111 e. The van der Waals surface area contributed by atoms with Crippen LogP contribution < -0.4 is 0 Å². The van der Waals surface area contributed by atoms with Gasteiger partial charge in [-0.15, -0.1) is 12.3 Å². The zero-order valence-electron chi connectivity index (χ0n) is 22.7. The van der Waals surface area contributed by atoms with E-state index in [0.717, 1.165) is 0 Å². The minimum Gasteiger partial charge on any atom is -0.396 e. The van der Waals surface area contributed by atoms with E-state index < -0.39 is 61.9 Å². The van der Waals surface area contributed by atoms with Crippen molar-refractivity contribution in [3.05, 3.63) is 0 Å². The van der Waals surface area contributed by atoms with E-state index in [9.17, 15) is 40.9 Å². The molecule has 0 spiro atoms. The average molecular weight is 572 g/mol. The fraction of sp³-hybridized carbons (Fsp3) is 0.920. The van der Waals surface area contributed by atoms with Gasteiger partial charge in [0.25, 0.3) is 0 Å². The zero-order chi connectivity index (χ0) is 29.6. The zero-order valence-corrected chi connectivity index (χ0v) is 22.7. The van der Waals surface area contributed by atoms with Crippen LogP contribution in [0.3, 0.4) is 0 Å². The van der Waals surface area contributed by atoms with Crippen LogP contribution in [0.5, 0.6) is 0 Å². The molecule has 0 fully saturated rings. The lowest BCUT2D eigenvalue weighted by Gasteiger charge is -2.33. The predicted molar refractivity (Wildman–Crippen MR) is 139 cm³/mol. The lowest BCUT2D eigenvalue weighted by molar-refractivity contribution is -0.125. The third kappa shape index (κ3) is 17.4. The maximum atomic E-state index is 10.4. The Bertz CT molecular complexity index is 581. The lowest BCUT2D eigenvalue weighted by Crippen LogP contribution is -2.53. The van der Waals surface area contributed by atoms with Crippen molar-refractivity contribution in [1.29, 1.82) is 0 Å². The minimum absolute atomic E-state index is 0.109. The molecule has 14 nitrogen and oxygen atoms in total. The number of hydrogen-bond donors (Lipinski definition) is 9. The Labute approximate surface area is 230 Å². The van der Waals surface area contributed by atoms with E-state index in [2.05, 4.69) is 5.92 Å². The van der Waals surface area contributed by atoms with E-state index in [1.165, 1.54) is 11.8 Å². The van der Waals surface area contributed by atoms with Crippen LogP contribution in [-0.2, 0) is 18.9 Å². The van der Waals surface area contributed by atoms with Crippen LogP contribution in [0.25, 0.3) is 0 Å². The molecule has 0 aliphatic rings. The van der Waals surface area contributed by atoms with Gasteiger partial charge in [0.15, 0.2) is 0 Å². The molecule has 0 amide bonds. The summed E-state index contributed by atoms with van der Waals surface area (Å²) in [5.74, 6) is 1.77. The largest absolute Gasteiger partial charge is 0.396 e. The van der Waals surface area contributed by atoms with Gasteiger partial charge in [0.1, 0.15) is 24.4 Å². The third-order valence-corrected chi connectivity index (χ3v) is 5.89. The molecular formula is C25H49NO13. The van der Waals surface area contributed by atoms with Gasteiger partial charge >= 0.3 is 0 Å². The molecule has 232 valence electrons. The summed E-state index contributed by atoms with van der Waals surface area (Å²) in [7, 11) is 0. The van der Waals surface area contributed by atoms with Crippen LogP contribution in [0.4, 0.5) is 0 Å². The molecule has 0 unspecified atom stereocenters. The number of aliphatic hydroxyl groups excluding tert-OH is 9. The molecule has 0 aromatic rings. The standard InChI is InChI=1S/C25H49NO13/c1-3-4-6-36-8-10-38-12-13-39-11-9-37-7-5-26(14-19(29)23(33)22(32)18(2)16-27)15-20(30)24(34)25(35)21(31)17-28/h1,18-25,27-35H,4-17H2,2H3/t18-,19+,20+,21-,22-,23-,24-,25-/m1/s1. The second kappa shape index (κ2) is 23.7. The van der Waals surface area contributed by atoms with Crippen molar-refractivity contribution in [2.75, 3.05) is 85.7 Å². The first-order valence-electron chi connectivity index (χ1n) is 13.1. The average Bonchev–Trinajstić information content (AvgIpc) is 2.94. The number of hydrogen-bond acceptors (Lipinski definition) is 14. The molecule has 0 saturated carbocycles. The van der Waals surface area contributed by atoms with Gasteiger partial charge in [-0.3, -0.25) is 4.90 Å². The molecule has 0 heterocycles. The first kappa shape index (κ1) is 38.0. The lowest BCUT2D eigenvalue weighted by atomic mass is 9.96. The van der Waals surface area contributed by atoms with Crippen LogP contribution >= 0.6 is 0 Å². The van der Waals surface area contributed by atoms with Crippen molar-refractivity contribution in [1.82, 2.24) is 4.90 Å². The van der Waals surface area contributed by atoms with E-state index in [4.69, 9.17) is 30.5 Å². The molecule has 0 aliphatic heterocycles. The summed E-state index contributed by atoms with van der Waals surface area (Å²) in [5.41, 5.74) is 0. The Morgan fingerprint density at radius 3 is 1.44 bits per heavy atom. The van der Waals surface area contributed by atoms with Crippen molar-refractivity contribution in [3.63, 3.8) is 0 Å². The molecule has 0 aliphatic carbocycles. The van der Waals surface area contributed by atoms with Crippen molar-refractivity contribution in [2.24, 2.45) is 5.92 Å². The molecule has 39 heavy (non-hydrogen) atoms. The number of ether oxygens (including phenoxy) is 4. The predicted octanol–water partition coefficient (Wildman–Crippen LogP) is -4.47. The van der Waals surface area contributed by atoms with E-state index >= 15 is 0 Å². The number of terminal acetylenes is 1. The molecule has 0 bridgehead atoms. The van der Waals surface area contributed by atoms with Crippen molar-refractivity contribution >= 4 is 0 Å². The van der Waals surface area contributed by atoms with Crippen LogP contribution in [0, 0.1) is 18.3 Å². The van der Waals surface area contributed by atoms with Crippen LogP contribution in [0.15, 0.2) is 0 Å². The maximum Gasteiger partial charge on any atom is 0.111 e. The number of aliphatic hydroxyl groups is 9. The SMILES string of the molecule is C#CCCOCCOCCOCCOCCN(C[C@H](O)[C@@H](O)[C@H](O)[C@H](C)CO)C[C@H](O)[C@@H](O)[C@H](O)[C@H](O)CO. The van der Waals surface area contributed by atoms with E-state index in [1.54, 1.807) is 0 Å². The highest BCUT2D eigenvalue weighted by atomic mass is 16.6. The number of rotatable bonds is 26. The van der Waals surface area contributed by atoms with Crippen LogP contribution in [0.2, 0.25) is 0 Å². The molecule has 0 rings (SSSR count). The van der Waals surface area contributed by atoms with Gasteiger partial charge in [0.2, 0.25) is 0 Å². The molecule has 9 N–H and O–H groups in total. The maximum absolute atomic E-state index is 10.4. The second-order valence-corrected chi connectivity index (χ2v) is 9.17. The van der Waals surface area contributed by atoms with Gasteiger partial charge < -0.3 is 64.9 Å². The fourth-order valence-corrected chi connectivity index (χ4v) is 3.32. The first-order chi connectivity index (χ1) is 18.6. The highest BCUT2D eigenvalue weighted by Crippen LogP contribution is 2.13. The van der Waals surface area contributed by atoms with Gasteiger partial charge in [-0.2, -0.15) is 0 Å². The van der Waals surface area contributed by atoms with Gasteiger partial charge in [-0.25, -0.2) is 0 Å².